The van der Waals surface area contributed by atoms with Crippen molar-refractivity contribution in [3.8, 4) is 16.8 Å². The number of rotatable bonds is 1. The van der Waals surface area contributed by atoms with Crippen molar-refractivity contribution in [1.82, 2.24) is 23.9 Å². The topological polar surface area (TPSA) is 48.0 Å². The lowest BCUT2D eigenvalue weighted by atomic mass is 9.99. The summed E-state index contributed by atoms with van der Waals surface area (Å²) in [6.45, 7) is 0. The molecular weight excluding hydrogens is 502 g/mol. The molecule has 41 heavy (non-hydrogen) atoms. The van der Waals surface area contributed by atoms with Gasteiger partial charge in [-0.2, -0.15) is 0 Å². The highest BCUT2D eigenvalue weighted by Crippen LogP contribution is 2.46. The third kappa shape index (κ3) is 2.68. The molecule has 0 radical (unpaired) electrons. The van der Waals surface area contributed by atoms with Crippen molar-refractivity contribution < 1.29 is 0 Å². The molecule has 0 bridgehead atoms. The van der Waals surface area contributed by atoms with Crippen molar-refractivity contribution in [2.75, 3.05) is 0 Å². The summed E-state index contributed by atoms with van der Waals surface area (Å²) in [6.07, 6.45) is 6.58. The molecule has 0 amide bonds. The second-order valence-corrected chi connectivity index (χ2v) is 10.9. The monoisotopic (exact) mass is 523 g/mol. The van der Waals surface area contributed by atoms with Crippen LogP contribution in [0.3, 0.4) is 0 Å². The van der Waals surface area contributed by atoms with E-state index in [1.807, 2.05) is 24.7 Å². The van der Waals surface area contributed by atoms with Crippen LogP contribution in [-0.2, 0) is 6.42 Å². The maximum absolute atomic E-state index is 5.07. The summed E-state index contributed by atoms with van der Waals surface area (Å²) in [6, 6.07) is 35.0. The summed E-state index contributed by atoms with van der Waals surface area (Å²) in [5.74, 6) is 0. The number of fused-ring (bicyclic) bond motifs is 15. The predicted octanol–water partition coefficient (Wildman–Crippen LogP) is 8.25. The van der Waals surface area contributed by atoms with Gasteiger partial charge in [0.05, 0.1) is 22.1 Å². The smallest absolute Gasteiger partial charge is 0.178 e. The third-order valence-electron chi connectivity index (χ3n) is 8.87. The fourth-order valence-electron chi connectivity index (χ4n) is 7.18. The zero-order chi connectivity index (χ0) is 26.7. The van der Waals surface area contributed by atoms with Gasteiger partial charge in [-0.25, -0.2) is 9.97 Å². The van der Waals surface area contributed by atoms with Gasteiger partial charge >= 0.3 is 0 Å². The highest BCUT2D eigenvalue weighted by molar-refractivity contribution is 6.22. The highest BCUT2D eigenvalue weighted by atomic mass is 15.1. The van der Waals surface area contributed by atoms with Crippen LogP contribution < -0.4 is 0 Å². The molecule has 1 aliphatic rings. The van der Waals surface area contributed by atoms with Crippen LogP contribution in [0.4, 0.5) is 0 Å². The van der Waals surface area contributed by atoms with Crippen LogP contribution in [0.2, 0.25) is 0 Å². The molecule has 0 unspecified atom stereocenters. The first-order valence-electron chi connectivity index (χ1n) is 13.9. The summed E-state index contributed by atoms with van der Waals surface area (Å²) in [4.78, 5) is 14.2. The van der Waals surface area contributed by atoms with Crippen molar-refractivity contribution in [3.05, 3.63) is 127 Å². The molecule has 0 spiro atoms. The van der Waals surface area contributed by atoms with E-state index in [1.165, 1.54) is 44.1 Å². The largest absolute Gasteiger partial charge is 0.309 e. The molecule has 10 rings (SSSR count). The lowest BCUT2D eigenvalue weighted by molar-refractivity contribution is 1.18. The van der Waals surface area contributed by atoms with E-state index in [1.54, 1.807) is 0 Å². The molecule has 190 valence electrons. The normalized spacial score (nSPS) is 12.8. The zero-order valence-electron chi connectivity index (χ0n) is 21.9. The van der Waals surface area contributed by atoms with Crippen molar-refractivity contribution in [3.63, 3.8) is 0 Å². The number of aromatic nitrogens is 5. The van der Waals surface area contributed by atoms with Gasteiger partial charge in [0.1, 0.15) is 5.65 Å². The van der Waals surface area contributed by atoms with Gasteiger partial charge in [-0.05, 0) is 82.6 Å². The van der Waals surface area contributed by atoms with E-state index >= 15 is 0 Å². The first-order valence-corrected chi connectivity index (χ1v) is 13.9. The van der Waals surface area contributed by atoms with Gasteiger partial charge in [-0.15, -0.1) is 0 Å². The molecule has 9 aromatic rings. The molecular formula is C36H21N5. The lowest BCUT2D eigenvalue weighted by Gasteiger charge is -2.11. The maximum atomic E-state index is 5.07. The summed E-state index contributed by atoms with van der Waals surface area (Å²) in [5.41, 5.74) is 12.8. The van der Waals surface area contributed by atoms with E-state index < -0.39 is 0 Å². The molecule has 0 saturated carbocycles. The average Bonchev–Trinajstić information content (AvgIpc) is 3.70. The minimum absolute atomic E-state index is 0.751. The van der Waals surface area contributed by atoms with Crippen LogP contribution in [0.1, 0.15) is 11.1 Å². The Bertz CT molecular complexity index is 2550. The molecule has 0 saturated heterocycles. The van der Waals surface area contributed by atoms with Gasteiger partial charge in [0.25, 0.3) is 0 Å². The summed E-state index contributed by atoms with van der Waals surface area (Å²) in [7, 11) is 0. The third-order valence-corrected chi connectivity index (χ3v) is 8.87. The second-order valence-electron chi connectivity index (χ2n) is 10.9. The summed E-state index contributed by atoms with van der Waals surface area (Å²) >= 11 is 0. The van der Waals surface area contributed by atoms with Crippen LogP contribution in [0.15, 0.2) is 116 Å². The second kappa shape index (κ2) is 7.55. The van der Waals surface area contributed by atoms with Crippen LogP contribution in [0, 0.1) is 0 Å². The van der Waals surface area contributed by atoms with Crippen molar-refractivity contribution in [2.45, 2.75) is 6.42 Å². The number of imidazole rings is 1. The maximum Gasteiger partial charge on any atom is 0.178 e. The Hall–Kier alpha value is -5.55. The van der Waals surface area contributed by atoms with Gasteiger partial charge in [0, 0.05) is 45.8 Å². The molecule has 1 aliphatic carbocycles. The van der Waals surface area contributed by atoms with Crippen molar-refractivity contribution >= 4 is 60.3 Å². The average molecular weight is 524 g/mol. The molecule has 4 aromatic carbocycles. The Morgan fingerprint density at radius 2 is 1.51 bits per heavy atom. The van der Waals surface area contributed by atoms with Gasteiger partial charge in [0.2, 0.25) is 0 Å². The van der Waals surface area contributed by atoms with Crippen molar-refractivity contribution in [1.29, 1.82) is 0 Å². The Kier molecular flexibility index (Phi) is 3.92. The number of para-hydroxylation sites is 1. The molecule has 0 aliphatic heterocycles. The molecule has 0 fully saturated rings. The molecule has 0 atom stereocenters. The number of benzene rings is 4. The van der Waals surface area contributed by atoms with E-state index in [4.69, 9.17) is 4.98 Å². The number of hydrogen-bond donors (Lipinski definition) is 0. The van der Waals surface area contributed by atoms with Crippen LogP contribution in [-0.4, -0.2) is 23.9 Å². The predicted molar refractivity (Wildman–Crippen MR) is 166 cm³/mol. The molecule has 5 heterocycles. The highest BCUT2D eigenvalue weighted by Gasteiger charge is 2.25. The molecule has 0 N–H and O–H groups in total. The van der Waals surface area contributed by atoms with Gasteiger partial charge in [0.15, 0.2) is 5.65 Å². The number of hydrogen-bond acceptors (Lipinski definition) is 3. The molecule has 5 nitrogen and oxygen atoms in total. The van der Waals surface area contributed by atoms with Crippen LogP contribution >= 0.6 is 0 Å². The van der Waals surface area contributed by atoms with Gasteiger partial charge in [-0.3, -0.25) is 9.38 Å². The van der Waals surface area contributed by atoms with Crippen molar-refractivity contribution in [2.24, 2.45) is 0 Å². The summed E-state index contributed by atoms with van der Waals surface area (Å²) in [5, 5.41) is 5.91. The van der Waals surface area contributed by atoms with Gasteiger partial charge in [-0.1, -0.05) is 48.5 Å². The number of nitrogens with zero attached hydrogens (tertiary/aromatic N) is 5. The zero-order valence-corrected chi connectivity index (χ0v) is 21.9. The Morgan fingerprint density at radius 1 is 0.610 bits per heavy atom. The summed E-state index contributed by atoms with van der Waals surface area (Å²) < 4.78 is 4.66. The minimum Gasteiger partial charge on any atom is -0.309 e. The standard InChI is InChI=1S/C36H21N5/c1-2-8-22(9-3-1)40-31-13-12-24-23-10-5-4-7-21(23)17-26(24)34(31)28-18-27-25(19-33(28)40)29-20-37-16-14-30(29)41-32-11-6-15-38-35(32)39-36(27)41/h1-16,18-20H,17H2. The van der Waals surface area contributed by atoms with E-state index in [0.29, 0.717) is 0 Å². The quantitative estimate of drug-likeness (QED) is 0.204. The van der Waals surface area contributed by atoms with E-state index in [-0.39, 0.29) is 0 Å². The Labute approximate surface area is 234 Å². The van der Waals surface area contributed by atoms with E-state index in [0.717, 1.165) is 50.6 Å². The van der Waals surface area contributed by atoms with E-state index in [2.05, 4.69) is 110 Å². The lowest BCUT2D eigenvalue weighted by Crippen LogP contribution is -1.95. The van der Waals surface area contributed by atoms with Gasteiger partial charge < -0.3 is 4.57 Å². The first-order chi connectivity index (χ1) is 20.3. The van der Waals surface area contributed by atoms with Crippen LogP contribution in [0.5, 0.6) is 0 Å². The van der Waals surface area contributed by atoms with Crippen LogP contribution in [0.25, 0.3) is 77.1 Å². The first kappa shape index (κ1) is 21.3. The molecule has 5 aromatic heterocycles. The minimum atomic E-state index is 0.751. The number of pyridine rings is 3. The fourth-order valence-corrected chi connectivity index (χ4v) is 7.18. The Balaban J connectivity index is 1.45. The Morgan fingerprint density at radius 3 is 2.46 bits per heavy atom. The van der Waals surface area contributed by atoms with E-state index in [9.17, 15) is 0 Å². The molecule has 5 heteroatoms. The SMILES string of the molecule is c1ccc(-n2c3cc4c5cnccc5n5c6cccnc6nc5c4cc3c3c4c(ccc32)-c2ccccc2C4)cc1. The fraction of sp³-hybridized carbons (Fsp3) is 0.0278.